The Morgan fingerprint density at radius 2 is 2.14 bits per heavy atom. The van der Waals surface area contributed by atoms with Crippen molar-refractivity contribution >= 4 is 11.6 Å². The van der Waals surface area contributed by atoms with Crippen molar-refractivity contribution in [2.45, 2.75) is 51.9 Å². The van der Waals surface area contributed by atoms with Gasteiger partial charge in [0.25, 0.3) is 0 Å². The molecule has 0 radical (unpaired) electrons. The largest absolute Gasteiger partial charge is 0.498 e. The van der Waals surface area contributed by atoms with Crippen molar-refractivity contribution in [2.24, 2.45) is 11.8 Å². The molecule has 0 N–H and O–H groups in total. The molecule has 1 saturated carbocycles. The molecule has 0 spiro atoms. The van der Waals surface area contributed by atoms with Crippen molar-refractivity contribution in [1.29, 1.82) is 0 Å². The van der Waals surface area contributed by atoms with Crippen molar-refractivity contribution in [1.82, 2.24) is 0 Å². The van der Waals surface area contributed by atoms with Crippen molar-refractivity contribution < 1.29 is 14.3 Å². The molecule has 0 aromatic carbocycles. The summed E-state index contributed by atoms with van der Waals surface area (Å²) >= 11 is 0. The minimum Gasteiger partial charge on any atom is -0.498 e. The third kappa shape index (κ3) is 3.96. The average Bonchev–Trinajstić information content (AvgIpc) is 2.83. The first-order valence-electron chi connectivity index (χ1n) is 8.20. The second kappa shape index (κ2) is 7.57. The Morgan fingerprint density at radius 1 is 1.41 bits per heavy atom. The zero-order chi connectivity index (χ0) is 16.1. The van der Waals surface area contributed by atoms with Crippen LogP contribution in [0.4, 0.5) is 0 Å². The van der Waals surface area contributed by atoms with Gasteiger partial charge in [-0.1, -0.05) is 23.8 Å². The van der Waals surface area contributed by atoms with Crippen LogP contribution in [0.5, 0.6) is 0 Å². The molecule has 2 aliphatic rings. The molecule has 1 aliphatic carbocycles. The smallest absolute Gasteiger partial charge is 0.147 e. The summed E-state index contributed by atoms with van der Waals surface area (Å²) in [4.78, 5) is 24.0. The lowest BCUT2D eigenvalue weighted by Crippen LogP contribution is -2.16. The summed E-state index contributed by atoms with van der Waals surface area (Å²) in [5.74, 6) is 0.747. The topological polar surface area (TPSA) is 43.4 Å². The Bertz CT molecular complexity index is 507. The Balaban J connectivity index is 1.99. The second-order valence-corrected chi connectivity index (χ2v) is 6.35. The highest BCUT2D eigenvalue weighted by Crippen LogP contribution is 2.35. The first-order valence-corrected chi connectivity index (χ1v) is 8.20. The second-order valence-electron chi connectivity index (χ2n) is 6.35. The molecular formula is C19H26O3. The number of allylic oxidation sites excluding steroid dienone is 4. The molecule has 3 nitrogen and oxygen atoms in total. The molecule has 2 rings (SSSR count). The van der Waals surface area contributed by atoms with Crippen LogP contribution in [0.25, 0.3) is 0 Å². The molecule has 1 saturated heterocycles. The molecule has 0 bridgehead atoms. The van der Waals surface area contributed by atoms with Gasteiger partial charge in [0, 0.05) is 12.3 Å². The van der Waals surface area contributed by atoms with Crippen molar-refractivity contribution in [3.63, 3.8) is 0 Å². The van der Waals surface area contributed by atoms with E-state index in [0.29, 0.717) is 18.8 Å². The number of hydrogen-bond acceptors (Lipinski definition) is 3. The maximum absolute atomic E-state index is 12.5. The van der Waals surface area contributed by atoms with Gasteiger partial charge in [-0.3, -0.25) is 9.59 Å². The maximum atomic E-state index is 12.5. The number of ether oxygens (including phenoxy) is 1. The number of ketones is 2. The van der Waals surface area contributed by atoms with E-state index in [9.17, 15) is 9.59 Å². The lowest BCUT2D eigenvalue weighted by molar-refractivity contribution is -0.121. The van der Waals surface area contributed by atoms with Crippen molar-refractivity contribution in [2.75, 3.05) is 6.61 Å². The van der Waals surface area contributed by atoms with Crippen LogP contribution in [0.1, 0.15) is 51.9 Å². The SMILES string of the molecule is C=C[C@@H](CCC(CC(=O)[C@H]1CCOC1=C)=C1CCC1)C(C)=O. The van der Waals surface area contributed by atoms with Gasteiger partial charge >= 0.3 is 0 Å². The highest BCUT2D eigenvalue weighted by Gasteiger charge is 2.29. The van der Waals surface area contributed by atoms with Crippen LogP contribution in [0.2, 0.25) is 0 Å². The summed E-state index contributed by atoms with van der Waals surface area (Å²) in [6.07, 6.45) is 7.95. The predicted molar refractivity (Wildman–Crippen MR) is 87.3 cm³/mol. The van der Waals surface area contributed by atoms with Gasteiger partial charge in [-0.05, 0) is 45.4 Å². The Hall–Kier alpha value is -1.64. The number of Topliss-reactive ketones (excluding diaryl/α,β-unsaturated/α-hetero) is 2. The van der Waals surface area contributed by atoms with Gasteiger partial charge in [-0.15, -0.1) is 6.58 Å². The van der Waals surface area contributed by atoms with Gasteiger partial charge in [0.1, 0.15) is 11.6 Å². The monoisotopic (exact) mass is 302 g/mol. The number of carbonyl (C=O) groups excluding carboxylic acids is 2. The van der Waals surface area contributed by atoms with Crippen LogP contribution in [0.15, 0.2) is 36.1 Å². The predicted octanol–water partition coefficient (Wildman–Crippen LogP) is 4.15. The zero-order valence-electron chi connectivity index (χ0n) is 13.5. The molecule has 0 aromatic heterocycles. The summed E-state index contributed by atoms with van der Waals surface area (Å²) in [5.41, 5.74) is 2.66. The molecule has 1 heterocycles. The number of carbonyl (C=O) groups is 2. The van der Waals surface area contributed by atoms with Crippen LogP contribution < -0.4 is 0 Å². The molecule has 120 valence electrons. The molecule has 22 heavy (non-hydrogen) atoms. The first kappa shape index (κ1) is 16.7. The number of hydrogen-bond donors (Lipinski definition) is 0. The van der Waals surface area contributed by atoms with E-state index in [1.165, 1.54) is 17.6 Å². The van der Waals surface area contributed by atoms with E-state index in [2.05, 4.69) is 13.2 Å². The van der Waals surface area contributed by atoms with Crippen LogP contribution in [-0.4, -0.2) is 18.2 Å². The van der Waals surface area contributed by atoms with Gasteiger partial charge in [-0.25, -0.2) is 0 Å². The average molecular weight is 302 g/mol. The highest BCUT2D eigenvalue weighted by molar-refractivity contribution is 5.86. The standard InChI is InChI=1S/C19H26O3/c1-4-15(13(2)20)8-9-17(16-6-5-7-16)12-19(21)18-10-11-22-14(18)3/h4,15,18H,1,3,5-12H2,2H3/t15-,18-/m0/s1. The van der Waals surface area contributed by atoms with Gasteiger partial charge in [0.15, 0.2) is 0 Å². The Morgan fingerprint density at radius 3 is 2.59 bits per heavy atom. The maximum Gasteiger partial charge on any atom is 0.147 e. The molecule has 0 aromatic rings. The number of rotatable bonds is 8. The summed E-state index contributed by atoms with van der Waals surface area (Å²) in [5, 5.41) is 0. The molecule has 1 aliphatic heterocycles. The molecule has 3 heteroatoms. The van der Waals surface area contributed by atoms with E-state index in [1.54, 1.807) is 13.0 Å². The minimum atomic E-state index is -0.140. The third-order valence-corrected chi connectivity index (χ3v) is 4.88. The van der Waals surface area contributed by atoms with Gasteiger partial charge in [0.05, 0.1) is 18.3 Å². The van der Waals surface area contributed by atoms with E-state index < -0.39 is 0 Å². The van der Waals surface area contributed by atoms with E-state index >= 15 is 0 Å². The summed E-state index contributed by atoms with van der Waals surface area (Å²) in [6, 6.07) is 0. The van der Waals surface area contributed by atoms with Crippen molar-refractivity contribution in [3.05, 3.63) is 36.1 Å². The highest BCUT2D eigenvalue weighted by atomic mass is 16.5. The molecule has 0 amide bonds. The summed E-state index contributed by atoms with van der Waals surface area (Å²) < 4.78 is 5.33. The minimum absolute atomic E-state index is 0.101. The van der Waals surface area contributed by atoms with E-state index in [1.807, 2.05) is 0 Å². The summed E-state index contributed by atoms with van der Waals surface area (Å²) in [7, 11) is 0. The first-order chi connectivity index (χ1) is 10.5. The summed E-state index contributed by atoms with van der Waals surface area (Å²) in [6.45, 7) is 9.78. The van der Waals surface area contributed by atoms with Crippen LogP contribution in [0, 0.1) is 11.8 Å². The van der Waals surface area contributed by atoms with E-state index in [-0.39, 0.29) is 23.4 Å². The molecule has 0 unspecified atom stereocenters. The van der Waals surface area contributed by atoms with Crippen molar-refractivity contribution in [3.8, 4) is 0 Å². The van der Waals surface area contributed by atoms with E-state index in [0.717, 1.165) is 32.1 Å². The lowest BCUT2D eigenvalue weighted by Gasteiger charge is -2.23. The zero-order valence-corrected chi connectivity index (χ0v) is 13.5. The molecule has 2 fully saturated rings. The Kier molecular flexibility index (Phi) is 5.76. The van der Waals surface area contributed by atoms with Gasteiger partial charge in [0.2, 0.25) is 0 Å². The fraction of sp³-hybridized carbons (Fsp3) is 0.579. The van der Waals surface area contributed by atoms with Crippen LogP contribution in [0.3, 0.4) is 0 Å². The lowest BCUT2D eigenvalue weighted by atomic mass is 9.81. The molecular weight excluding hydrogens is 276 g/mol. The molecule has 2 atom stereocenters. The normalized spacial score (nSPS) is 21.8. The fourth-order valence-corrected chi connectivity index (χ4v) is 3.16. The van der Waals surface area contributed by atoms with Crippen LogP contribution >= 0.6 is 0 Å². The van der Waals surface area contributed by atoms with Gasteiger partial charge in [-0.2, -0.15) is 0 Å². The van der Waals surface area contributed by atoms with Gasteiger partial charge < -0.3 is 4.74 Å². The van der Waals surface area contributed by atoms with E-state index in [4.69, 9.17) is 4.74 Å². The quantitative estimate of drug-likeness (QED) is 0.633. The Labute approximate surface area is 133 Å². The fourth-order valence-electron chi connectivity index (χ4n) is 3.16. The third-order valence-electron chi connectivity index (χ3n) is 4.88. The van der Waals surface area contributed by atoms with Crippen LogP contribution in [-0.2, 0) is 14.3 Å².